The number of rotatable bonds is 15. The van der Waals surface area contributed by atoms with Crippen LogP contribution in [0.1, 0.15) is 103 Å². The third-order valence-electron chi connectivity index (χ3n) is 6.12. The summed E-state index contributed by atoms with van der Waals surface area (Å²) < 4.78 is 5.11. The third-order valence-corrected chi connectivity index (χ3v) is 6.12. The van der Waals surface area contributed by atoms with E-state index in [4.69, 9.17) is 4.74 Å². The quantitative estimate of drug-likeness (QED) is 0.289. The van der Waals surface area contributed by atoms with Crippen LogP contribution in [-0.2, 0) is 14.3 Å². The van der Waals surface area contributed by atoms with Crippen molar-refractivity contribution in [3.8, 4) is 0 Å². The predicted octanol–water partition coefficient (Wildman–Crippen LogP) is 4.58. The molecule has 7 heteroatoms. The van der Waals surface area contributed by atoms with Crippen molar-refractivity contribution in [2.45, 2.75) is 115 Å². The molecule has 2 rings (SSSR count). The second-order valence-electron chi connectivity index (χ2n) is 8.86. The van der Waals surface area contributed by atoms with Gasteiger partial charge in [0.15, 0.2) is 0 Å². The Hall–Kier alpha value is -1.89. The van der Waals surface area contributed by atoms with Crippen molar-refractivity contribution >= 4 is 17.9 Å². The molecule has 2 heterocycles. The molecular formula is C24H40N2O5. The van der Waals surface area contributed by atoms with E-state index >= 15 is 0 Å². The van der Waals surface area contributed by atoms with Gasteiger partial charge in [0.25, 0.3) is 5.91 Å². The fourth-order valence-electron chi connectivity index (χ4n) is 4.35. The van der Waals surface area contributed by atoms with Crippen LogP contribution in [0.2, 0.25) is 0 Å². The van der Waals surface area contributed by atoms with E-state index in [0.29, 0.717) is 18.7 Å². The van der Waals surface area contributed by atoms with Crippen LogP contribution in [0.25, 0.3) is 0 Å². The highest BCUT2D eigenvalue weighted by Gasteiger charge is 2.41. The number of hydrogen-bond donors (Lipinski definition) is 2. The molecule has 2 fully saturated rings. The number of aliphatic hydroxyl groups is 1. The number of carbonyl (C=O) groups is 3. The number of nitrogens with one attached hydrogen (secondary N) is 1. The van der Waals surface area contributed by atoms with Gasteiger partial charge in [-0.05, 0) is 19.3 Å². The normalized spacial score (nSPS) is 20.1. The number of hydrogen-bond acceptors (Lipinski definition) is 5. The van der Waals surface area contributed by atoms with Crippen molar-refractivity contribution in [3.05, 3.63) is 11.8 Å². The van der Waals surface area contributed by atoms with E-state index in [0.717, 1.165) is 32.1 Å². The second-order valence-corrected chi connectivity index (χ2v) is 8.86. The van der Waals surface area contributed by atoms with Gasteiger partial charge >= 0.3 is 6.09 Å². The Morgan fingerprint density at radius 1 is 1.10 bits per heavy atom. The molecule has 2 atom stereocenters. The van der Waals surface area contributed by atoms with Gasteiger partial charge in [-0.25, -0.2) is 4.79 Å². The van der Waals surface area contributed by atoms with Crippen LogP contribution in [0.5, 0.6) is 0 Å². The Morgan fingerprint density at radius 2 is 1.71 bits per heavy atom. The summed E-state index contributed by atoms with van der Waals surface area (Å²) in [5, 5.41) is 12.3. The van der Waals surface area contributed by atoms with E-state index < -0.39 is 24.0 Å². The van der Waals surface area contributed by atoms with Crippen molar-refractivity contribution in [1.82, 2.24) is 10.2 Å². The van der Waals surface area contributed by atoms with Crippen molar-refractivity contribution in [2.24, 2.45) is 0 Å². The third kappa shape index (κ3) is 9.42. The first-order valence-corrected chi connectivity index (χ1v) is 12.2. The summed E-state index contributed by atoms with van der Waals surface area (Å²) in [5.41, 5.74) is 0. The average Bonchev–Trinajstić information content (AvgIpc) is 3.31. The molecule has 0 bridgehead atoms. The van der Waals surface area contributed by atoms with Crippen molar-refractivity contribution < 1.29 is 24.2 Å². The van der Waals surface area contributed by atoms with E-state index in [1.165, 1.54) is 57.4 Å². The van der Waals surface area contributed by atoms with Crippen LogP contribution in [0.4, 0.5) is 4.79 Å². The fourth-order valence-corrected chi connectivity index (χ4v) is 4.35. The topological polar surface area (TPSA) is 95.9 Å². The number of ether oxygens (including phenoxy) is 1. The molecule has 2 N–H and O–H groups in total. The number of fused-ring (bicyclic) bond motifs is 1. The smallest absolute Gasteiger partial charge is 0.412 e. The molecule has 0 aliphatic carbocycles. The van der Waals surface area contributed by atoms with E-state index in [1.54, 1.807) is 4.90 Å². The van der Waals surface area contributed by atoms with Crippen molar-refractivity contribution in [3.63, 3.8) is 0 Å². The van der Waals surface area contributed by atoms with Gasteiger partial charge < -0.3 is 9.84 Å². The molecule has 31 heavy (non-hydrogen) atoms. The van der Waals surface area contributed by atoms with Gasteiger partial charge in [-0.3, -0.25) is 19.8 Å². The summed E-state index contributed by atoms with van der Waals surface area (Å²) in [6, 6.07) is -0.194. The number of nitrogens with zero attached hydrogens (tertiary/aromatic N) is 1. The summed E-state index contributed by atoms with van der Waals surface area (Å²) in [6.07, 6.45) is 15.7. The maximum absolute atomic E-state index is 12.0. The van der Waals surface area contributed by atoms with E-state index in [1.807, 2.05) is 0 Å². The predicted molar refractivity (Wildman–Crippen MR) is 119 cm³/mol. The highest BCUT2D eigenvalue weighted by Crippen LogP contribution is 2.31. The molecule has 176 valence electrons. The number of cyclic esters (lactones) is 1. The molecule has 3 amide bonds. The first-order chi connectivity index (χ1) is 15.0. The molecular weight excluding hydrogens is 396 g/mol. The van der Waals surface area contributed by atoms with Crippen LogP contribution in [0, 0.1) is 0 Å². The highest BCUT2D eigenvalue weighted by molar-refractivity contribution is 6.01. The summed E-state index contributed by atoms with van der Waals surface area (Å²) >= 11 is 0. The van der Waals surface area contributed by atoms with Crippen LogP contribution >= 0.6 is 0 Å². The van der Waals surface area contributed by atoms with Crippen LogP contribution in [0.3, 0.4) is 0 Å². The second kappa shape index (κ2) is 14.2. The molecule has 0 radical (unpaired) electrons. The highest BCUT2D eigenvalue weighted by atomic mass is 16.6. The summed E-state index contributed by atoms with van der Waals surface area (Å²) in [7, 11) is 0. The van der Waals surface area contributed by atoms with Crippen molar-refractivity contribution in [2.75, 3.05) is 6.54 Å². The Kier molecular flexibility index (Phi) is 11.6. The lowest BCUT2D eigenvalue weighted by Crippen LogP contribution is -2.32. The maximum atomic E-state index is 12.0. The maximum Gasteiger partial charge on any atom is 0.415 e. The van der Waals surface area contributed by atoms with Gasteiger partial charge in [0, 0.05) is 12.6 Å². The zero-order chi connectivity index (χ0) is 22.5. The van der Waals surface area contributed by atoms with Crippen LogP contribution < -0.4 is 5.32 Å². The number of unbranched alkanes of at least 4 members (excludes halogenated alkanes) is 10. The number of imide groups is 1. The standard InChI is InChI=1S/C24H40N2O5/c1-2-3-4-5-6-7-8-9-10-11-12-14-19(27)17-22(28)25-23(29)18-21-20-15-13-16-26(20)24(30)31-21/h18-20,27H,2-17H2,1H3,(H,25,28,29)/b21-18+/t19-,20-/m1/s1. The molecule has 2 saturated heterocycles. The Morgan fingerprint density at radius 3 is 2.35 bits per heavy atom. The number of aliphatic hydroxyl groups excluding tert-OH is 1. The Balaban J connectivity index is 1.50. The molecule has 0 aromatic rings. The lowest BCUT2D eigenvalue weighted by atomic mass is 10.0. The van der Waals surface area contributed by atoms with Gasteiger partial charge in [0.05, 0.1) is 18.6 Å². The molecule has 7 nitrogen and oxygen atoms in total. The molecule has 2 aliphatic rings. The molecule has 0 saturated carbocycles. The SMILES string of the molecule is CCCCCCCCCCCCC[C@@H](O)CC(=O)NC(=O)/C=C1/OC(=O)N2CCC[C@H]12. The van der Waals surface area contributed by atoms with Gasteiger partial charge in [-0.1, -0.05) is 77.6 Å². The average molecular weight is 437 g/mol. The molecule has 2 aliphatic heterocycles. The monoisotopic (exact) mass is 436 g/mol. The van der Waals surface area contributed by atoms with E-state index in [-0.39, 0.29) is 12.5 Å². The van der Waals surface area contributed by atoms with Gasteiger partial charge in [-0.2, -0.15) is 0 Å². The first-order valence-electron chi connectivity index (χ1n) is 12.2. The minimum absolute atomic E-state index is 0.0952. The minimum Gasteiger partial charge on any atom is -0.412 e. The molecule has 0 aromatic heterocycles. The lowest BCUT2D eigenvalue weighted by Gasteiger charge is -2.10. The number of carbonyl (C=O) groups excluding carboxylic acids is 3. The van der Waals surface area contributed by atoms with Crippen molar-refractivity contribution in [1.29, 1.82) is 0 Å². The zero-order valence-electron chi connectivity index (χ0n) is 19.1. The molecule has 0 spiro atoms. The van der Waals surface area contributed by atoms with Gasteiger partial charge in [0.1, 0.15) is 5.76 Å². The zero-order valence-corrected chi connectivity index (χ0v) is 19.1. The molecule has 0 unspecified atom stereocenters. The lowest BCUT2D eigenvalue weighted by molar-refractivity contribution is -0.129. The van der Waals surface area contributed by atoms with Gasteiger partial charge in [0.2, 0.25) is 5.91 Å². The van der Waals surface area contributed by atoms with Crippen LogP contribution in [-0.4, -0.2) is 46.6 Å². The number of amides is 3. The Labute approximate surface area is 186 Å². The summed E-state index contributed by atoms with van der Waals surface area (Å²) in [6.45, 7) is 2.87. The fraction of sp³-hybridized carbons (Fsp3) is 0.792. The Bertz CT molecular complexity index is 619. The molecule has 0 aromatic carbocycles. The van der Waals surface area contributed by atoms with Gasteiger partial charge in [-0.15, -0.1) is 0 Å². The van der Waals surface area contributed by atoms with Crippen LogP contribution in [0.15, 0.2) is 11.8 Å². The van der Waals surface area contributed by atoms with E-state index in [2.05, 4.69) is 12.2 Å². The summed E-state index contributed by atoms with van der Waals surface area (Å²) in [4.78, 5) is 37.3. The first kappa shape index (κ1) is 25.4. The van der Waals surface area contributed by atoms with E-state index in [9.17, 15) is 19.5 Å². The summed E-state index contributed by atoms with van der Waals surface area (Å²) in [5.74, 6) is -0.817. The minimum atomic E-state index is -0.742. The largest absolute Gasteiger partial charge is 0.415 e.